The Morgan fingerprint density at radius 2 is 1.64 bits per heavy atom. The van der Waals surface area contributed by atoms with Crippen LogP contribution >= 0.6 is 0 Å². The molecule has 0 aliphatic carbocycles. The molecule has 0 saturated carbocycles. The third kappa shape index (κ3) is 2.66. The maximum absolute atomic E-state index is 6.42. The maximum Gasteiger partial charge on any atom is 0.111 e. The van der Waals surface area contributed by atoms with Crippen LogP contribution in [0.4, 0.5) is 0 Å². The predicted molar refractivity (Wildman–Crippen MR) is 101 cm³/mol. The highest BCUT2D eigenvalue weighted by molar-refractivity contribution is 5.86. The lowest BCUT2D eigenvalue weighted by Gasteiger charge is -2.28. The van der Waals surface area contributed by atoms with E-state index in [2.05, 4.69) is 77.7 Å². The van der Waals surface area contributed by atoms with Crippen molar-refractivity contribution in [2.75, 3.05) is 0 Å². The number of hydrogen-bond acceptors (Lipinski definition) is 2. The fourth-order valence-electron chi connectivity index (χ4n) is 4.58. The van der Waals surface area contributed by atoms with Crippen LogP contribution in [0.3, 0.4) is 0 Å². The van der Waals surface area contributed by atoms with Crippen LogP contribution < -0.4 is 0 Å². The van der Waals surface area contributed by atoms with E-state index in [1.165, 1.54) is 28.3 Å². The van der Waals surface area contributed by atoms with Crippen LogP contribution in [-0.2, 0) is 11.3 Å². The van der Waals surface area contributed by atoms with Gasteiger partial charge in [0.05, 0.1) is 12.1 Å². The lowest BCUT2D eigenvalue weighted by Crippen LogP contribution is -2.31. The van der Waals surface area contributed by atoms with Crippen LogP contribution in [0.25, 0.3) is 10.8 Å². The van der Waals surface area contributed by atoms with E-state index < -0.39 is 0 Å². The molecule has 3 aromatic rings. The van der Waals surface area contributed by atoms with Gasteiger partial charge in [-0.25, -0.2) is 0 Å². The largest absolute Gasteiger partial charge is 0.358 e. The van der Waals surface area contributed by atoms with Gasteiger partial charge in [0.15, 0.2) is 0 Å². The molecule has 0 amide bonds. The summed E-state index contributed by atoms with van der Waals surface area (Å²) in [6.45, 7) is 0.954. The standard InChI is InChI=1S/C23H23NO/c1-2-8-17(9-3-1)16-24-22-15-7-14-21(25-22)23(24)20-13-6-11-18-10-4-5-12-19(18)20/h1-6,8-13,21-23H,7,14-16H2/t21-,22+,23+/m0/s1. The van der Waals surface area contributed by atoms with Crippen molar-refractivity contribution in [2.24, 2.45) is 0 Å². The molecule has 2 nitrogen and oxygen atoms in total. The van der Waals surface area contributed by atoms with Crippen molar-refractivity contribution in [3.05, 3.63) is 83.9 Å². The van der Waals surface area contributed by atoms with Crippen molar-refractivity contribution in [2.45, 2.75) is 44.2 Å². The SMILES string of the molecule is c1ccc(CN2[C@H](c3cccc4ccccc34)[C@@H]3CCC[C@H]2O3)cc1. The van der Waals surface area contributed by atoms with Crippen LogP contribution in [0.2, 0.25) is 0 Å². The van der Waals surface area contributed by atoms with Crippen molar-refractivity contribution in [3.8, 4) is 0 Å². The number of rotatable bonds is 3. The fourth-order valence-corrected chi connectivity index (χ4v) is 4.58. The number of nitrogens with zero attached hydrogens (tertiary/aromatic N) is 1. The Labute approximate surface area is 149 Å². The summed E-state index contributed by atoms with van der Waals surface area (Å²) in [7, 11) is 0. The molecule has 2 heteroatoms. The Bertz CT molecular complexity index is 870. The van der Waals surface area contributed by atoms with Crippen LogP contribution in [-0.4, -0.2) is 17.2 Å². The Morgan fingerprint density at radius 3 is 2.56 bits per heavy atom. The van der Waals surface area contributed by atoms with Gasteiger partial charge in [0.2, 0.25) is 0 Å². The smallest absolute Gasteiger partial charge is 0.111 e. The summed E-state index contributed by atoms with van der Waals surface area (Å²) in [4.78, 5) is 2.59. The highest BCUT2D eigenvalue weighted by atomic mass is 16.5. The Hall–Kier alpha value is -2.16. The normalized spacial score (nSPS) is 26.2. The zero-order valence-electron chi connectivity index (χ0n) is 14.3. The van der Waals surface area contributed by atoms with E-state index in [4.69, 9.17) is 4.74 Å². The summed E-state index contributed by atoms with van der Waals surface area (Å²) in [5.74, 6) is 0. The summed E-state index contributed by atoms with van der Waals surface area (Å²) in [6.07, 6.45) is 4.14. The van der Waals surface area contributed by atoms with Gasteiger partial charge in [-0.1, -0.05) is 72.8 Å². The summed E-state index contributed by atoms with van der Waals surface area (Å²) in [5, 5.41) is 2.69. The number of likely N-dealkylation sites (tertiary alicyclic amines) is 1. The molecule has 2 aliphatic heterocycles. The maximum atomic E-state index is 6.42. The van der Waals surface area contributed by atoms with Crippen LogP contribution in [0, 0.1) is 0 Å². The van der Waals surface area contributed by atoms with Crippen LogP contribution in [0.15, 0.2) is 72.8 Å². The molecule has 0 radical (unpaired) electrons. The molecule has 0 N–H and O–H groups in total. The first kappa shape index (κ1) is 15.1. The molecular weight excluding hydrogens is 306 g/mol. The van der Waals surface area contributed by atoms with Gasteiger partial charge in [-0.05, 0) is 41.2 Å². The molecular formula is C23H23NO. The van der Waals surface area contributed by atoms with Crippen LogP contribution in [0.1, 0.15) is 36.4 Å². The molecule has 3 atom stereocenters. The first-order valence-electron chi connectivity index (χ1n) is 9.33. The van der Waals surface area contributed by atoms with E-state index >= 15 is 0 Å². The zero-order valence-corrected chi connectivity index (χ0v) is 14.3. The summed E-state index contributed by atoms with van der Waals surface area (Å²) in [5.41, 5.74) is 2.78. The van der Waals surface area contributed by atoms with Gasteiger partial charge >= 0.3 is 0 Å². The van der Waals surface area contributed by atoms with Gasteiger partial charge in [-0.3, -0.25) is 4.90 Å². The van der Waals surface area contributed by atoms with Crippen molar-refractivity contribution in [1.82, 2.24) is 4.90 Å². The van der Waals surface area contributed by atoms with E-state index in [0.717, 1.165) is 19.4 Å². The number of benzene rings is 3. The molecule has 0 unspecified atom stereocenters. The third-order valence-corrected chi connectivity index (χ3v) is 5.70. The number of ether oxygens (including phenoxy) is 1. The second-order valence-corrected chi connectivity index (χ2v) is 7.23. The molecule has 25 heavy (non-hydrogen) atoms. The second kappa shape index (κ2) is 6.29. The van der Waals surface area contributed by atoms with Crippen LogP contribution in [0.5, 0.6) is 0 Å². The average Bonchev–Trinajstić information content (AvgIpc) is 2.91. The van der Waals surface area contributed by atoms with Gasteiger partial charge < -0.3 is 4.74 Å². The quantitative estimate of drug-likeness (QED) is 0.647. The zero-order chi connectivity index (χ0) is 16.6. The average molecular weight is 329 g/mol. The second-order valence-electron chi connectivity index (χ2n) is 7.23. The molecule has 2 saturated heterocycles. The van der Waals surface area contributed by atoms with Crippen molar-refractivity contribution in [3.63, 3.8) is 0 Å². The lowest BCUT2D eigenvalue weighted by molar-refractivity contribution is -0.0353. The summed E-state index contributed by atoms with van der Waals surface area (Å²) < 4.78 is 6.42. The minimum atomic E-state index is 0.253. The van der Waals surface area contributed by atoms with Gasteiger partial charge in [0.1, 0.15) is 6.23 Å². The Morgan fingerprint density at radius 1 is 0.840 bits per heavy atom. The van der Waals surface area contributed by atoms with E-state index in [9.17, 15) is 0 Å². The van der Waals surface area contributed by atoms with E-state index in [0.29, 0.717) is 12.1 Å². The Balaban J connectivity index is 1.59. The molecule has 126 valence electrons. The molecule has 5 rings (SSSR count). The minimum Gasteiger partial charge on any atom is -0.358 e. The Kier molecular flexibility index (Phi) is 3.80. The van der Waals surface area contributed by atoms with E-state index in [-0.39, 0.29) is 6.23 Å². The van der Waals surface area contributed by atoms with Crippen molar-refractivity contribution < 1.29 is 4.74 Å². The van der Waals surface area contributed by atoms with Gasteiger partial charge in [-0.2, -0.15) is 0 Å². The lowest BCUT2D eigenvalue weighted by atomic mass is 9.93. The molecule has 3 aromatic carbocycles. The topological polar surface area (TPSA) is 12.5 Å². The molecule has 2 aliphatic rings. The summed E-state index contributed by atoms with van der Waals surface area (Å²) in [6, 6.07) is 26.6. The van der Waals surface area contributed by atoms with Gasteiger partial charge in [-0.15, -0.1) is 0 Å². The molecule has 0 spiro atoms. The fraction of sp³-hybridized carbons (Fsp3) is 0.304. The van der Waals surface area contributed by atoms with Crippen molar-refractivity contribution >= 4 is 10.8 Å². The molecule has 2 fully saturated rings. The highest BCUT2D eigenvalue weighted by Gasteiger charge is 2.45. The highest BCUT2D eigenvalue weighted by Crippen LogP contribution is 2.45. The number of fused-ring (bicyclic) bond motifs is 3. The third-order valence-electron chi connectivity index (χ3n) is 5.70. The number of hydrogen-bond donors (Lipinski definition) is 0. The molecule has 2 bridgehead atoms. The molecule has 2 heterocycles. The van der Waals surface area contributed by atoms with Crippen molar-refractivity contribution in [1.29, 1.82) is 0 Å². The van der Waals surface area contributed by atoms with Gasteiger partial charge in [0.25, 0.3) is 0 Å². The van der Waals surface area contributed by atoms with Gasteiger partial charge in [0, 0.05) is 6.54 Å². The minimum absolute atomic E-state index is 0.253. The molecule has 0 aromatic heterocycles. The first-order chi connectivity index (χ1) is 12.4. The monoisotopic (exact) mass is 329 g/mol. The van der Waals surface area contributed by atoms with E-state index in [1.54, 1.807) is 0 Å². The summed E-state index contributed by atoms with van der Waals surface area (Å²) >= 11 is 0. The predicted octanol–water partition coefficient (Wildman–Crippen LogP) is 5.29. The first-order valence-corrected chi connectivity index (χ1v) is 9.33. The van der Waals surface area contributed by atoms with E-state index in [1.807, 2.05) is 0 Å².